The van der Waals surface area contributed by atoms with E-state index in [-0.39, 0.29) is 17.5 Å². The van der Waals surface area contributed by atoms with Crippen LogP contribution in [0.4, 0.5) is 0 Å². The van der Waals surface area contributed by atoms with E-state index in [9.17, 15) is 9.59 Å². The number of rotatable bonds is 6. The molecule has 2 aromatic heterocycles. The minimum absolute atomic E-state index is 0.110. The number of hydrogen-bond donors (Lipinski definition) is 1. The molecule has 1 atom stereocenters. The number of pyridine rings is 2. The minimum Gasteiger partial charge on any atom is -0.326 e. The summed E-state index contributed by atoms with van der Waals surface area (Å²) in [6, 6.07) is 28.0. The Hall–Kier alpha value is -3.99. The molecule has 1 unspecified atom stereocenters. The summed E-state index contributed by atoms with van der Waals surface area (Å²) in [4.78, 5) is 35.3. The third-order valence-electron chi connectivity index (χ3n) is 5.26. The van der Waals surface area contributed by atoms with Crippen LogP contribution in [0, 0.1) is 0 Å². The zero-order chi connectivity index (χ0) is 21.6. The third-order valence-corrected chi connectivity index (χ3v) is 5.26. The Balaban J connectivity index is 1.69. The molecule has 154 valence electrons. The van der Waals surface area contributed by atoms with Crippen molar-refractivity contribution < 1.29 is 4.79 Å². The molecular formula is C26H23N3O2. The van der Waals surface area contributed by atoms with Gasteiger partial charge >= 0.3 is 0 Å². The fourth-order valence-corrected chi connectivity index (χ4v) is 3.53. The lowest BCUT2D eigenvalue weighted by Gasteiger charge is -2.29. The van der Waals surface area contributed by atoms with Gasteiger partial charge in [0.2, 0.25) is 0 Å². The van der Waals surface area contributed by atoms with Crippen molar-refractivity contribution in [2.45, 2.75) is 19.5 Å². The number of nitrogens with one attached hydrogen (secondary N) is 1. The number of carbonyl (C=O) groups excluding carboxylic acids is 1. The SMILES string of the molecule is CC(c1ccccn1)N(Cc1ccccc1)C(=O)c1ccc(-c2ccccc2)[nH]c1=O. The third kappa shape index (κ3) is 4.61. The van der Waals surface area contributed by atoms with Crippen molar-refractivity contribution in [2.24, 2.45) is 0 Å². The number of aromatic nitrogens is 2. The van der Waals surface area contributed by atoms with Crippen molar-refractivity contribution in [2.75, 3.05) is 0 Å². The molecule has 0 saturated heterocycles. The van der Waals surface area contributed by atoms with E-state index in [2.05, 4.69) is 9.97 Å². The van der Waals surface area contributed by atoms with Crippen LogP contribution < -0.4 is 5.56 Å². The van der Waals surface area contributed by atoms with Crippen molar-refractivity contribution in [3.05, 3.63) is 124 Å². The van der Waals surface area contributed by atoms with Crippen molar-refractivity contribution >= 4 is 5.91 Å². The molecule has 0 aliphatic heterocycles. The molecule has 31 heavy (non-hydrogen) atoms. The summed E-state index contributed by atoms with van der Waals surface area (Å²) in [5.41, 5.74) is 3.02. The molecule has 2 heterocycles. The number of aromatic amines is 1. The lowest BCUT2D eigenvalue weighted by Crippen LogP contribution is -2.36. The second kappa shape index (κ2) is 9.22. The predicted octanol–water partition coefficient (Wildman–Crippen LogP) is 4.84. The summed E-state index contributed by atoms with van der Waals surface area (Å²) in [7, 11) is 0. The van der Waals surface area contributed by atoms with E-state index in [0.29, 0.717) is 12.2 Å². The van der Waals surface area contributed by atoms with E-state index in [1.54, 1.807) is 23.2 Å². The fraction of sp³-hybridized carbons (Fsp3) is 0.115. The van der Waals surface area contributed by atoms with E-state index in [1.165, 1.54) is 0 Å². The monoisotopic (exact) mass is 409 g/mol. The molecule has 0 radical (unpaired) electrons. The molecule has 0 fully saturated rings. The molecule has 0 spiro atoms. The smallest absolute Gasteiger partial charge is 0.261 e. The van der Waals surface area contributed by atoms with Gasteiger partial charge in [0, 0.05) is 18.4 Å². The molecule has 0 bridgehead atoms. The Kier molecular flexibility index (Phi) is 6.03. The Morgan fingerprint density at radius 1 is 0.903 bits per heavy atom. The van der Waals surface area contributed by atoms with Crippen LogP contribution in [0.1, 0.15) is 34.6 Å². The summed E-state index contributed by atoms with van der Waals surface area (Å²) in [6.45, 7) is 2.30. The number of benzene rings is 2. The highest BCUT2D eigenvalue weighted by Crippen LogP contribution is 2.23. The Bertz CT molecular complexity index is 1210. The van der Waals surface area contributed by atoms with Crippen molar-refractivity contribution in [3.8, 4) is 11.3 Å². The Labute approximate surface area is 181 Å². The molecule has 0 aliphatic rings. The fourth-order valence-electron chi connectivity index (χ4n) is 3.53. The topological polar surface area (TPSA) is 66.1 Å². The van der Waals surface area contributed by atoms with Crippen molar-refractivity contribution in [1.82, 2.24) is 14.9 Å². The summed E-state index contributed by atoms with van der Waals surface area (Å²) in [5.74, 6) is -0.331. The van der Waals surface area contributed by atoms with Gasteiger partial charge in [0.1, 0.15) is 5.56 Å². The molecular weight excluding hydrogens is 386 g/mol. The standard InChI is InChI=1S/C26H23N3O2/c1-19(23-14-8-9-17-27-23)29(18-20-10-4-2-5-11-20)26(31)22-15-16-24(28-25(22)30)21-12-6-3-7-13-21/h2-17,19H,18H2,1H3,(H,28,30). The van der Waals surface area contributed by atoms with Gasteiger partial charge in [-0.1, -0.05) is 66.7 Å². The van der Waals surface area contributed by atoms with E-state index in [4.69, 9.17) is 0 Å². The average Bonchev–Trinajstić information content (AvgIpc) is 2.83. The summed E-state index contributed by atoms with van der Waals surface area (Å²) >= 11 is 0. The molecule has 5 heteroatoms. The van der Waals surface area contributed by atoms with Crippen LogP contribution in [-0.2, 0) is 6.54 Å². The van der Waals surface area contributed by atoms with Gasteiger partial charge in [0.05, 0.1) is 11.7 Å². The molecule has 0 aliphatic carbocycles. The summed E-state index contributed by atoms with van der Waals surface area (Å²) < 4.78 is 0. The van der Waals surface area contributed by atoms with Gasteiger partial charge in [0.25, 0.3) is 11.5 Å². The van der Waals surface area contributed by atoms with Gasteiger partial charge in [-0.15, -0.1) is 0 Å². The van der Waals surface area contributed by atoms with Crippen LogP contribution in [0.15, 0.2) is 102 Å². The van der Waals surface area contributed by atoms with Crippen molar-refractivity contribution in [3.63, 3.8) is 0 Å². The quantitative estimate of drug-likeness (QED) is 0.495. The van der Waals surface area contributed by atoms with E-state index >= 15 is 0 Å². The lowest BCUT2D eigenvalue weighted by atomic mass is 10.1. The number of amides is 1. The Morgan fingerprint density at radius 3 is 2.23 bits per heavy atom. The number of carbonyl (C=O) groups is 1. The molecule has 4 rings (SSSR count). The number of hydrogen-bond acceptors (Lipinski definition) is 3. The first kappa shape index (κ1) is 20.3. The molecule has 1 amide bonds. The van der Waals surface area contributed by atoms with E-state index in [0.717, 1.165) is 16.8 Å². The second-order valence-electron chi connectivity index (χ2n) is 7.33. The minimum atomic E-state index is -0.405. The van der Waals surface area contributed by atoms with E-state index in [1.807, 2.05) is 85.8 Å². The van der Waals surface area contributed by atoms with Crippen molar-refractivity contribution in [1.29, 1.82) is 0 Å². The highest BCUT2D eigenvalue weighted by molar-refractivity contribution is 5.94. The van der Waals surface area contributed by atoms with Crippen LogP contribution in [0.25, 0.3) is 11.3 Å². The zero-order valence-electron chi connectivity index (χ0n) is 17.2. The van der Waals surface area contributed by atoms with Crippen LogP contribution in [0.3, 0.4) is 0 Å². The van der Waals surface area contributed by atoms with Gasteiger partial charge in [-0.25, -0.2) is 0 Å². The molecule has 5 nitrogen and oxygen atoms in total. The zero-order valence-corrected chi connectivity index (χ0v) is 17.2. The maximum absolute atomic E-state index is 13.5. The first-order chi connectivity index (χ1) is 15.1. The highest BCUT2D eigenvalue weighted by Gasteiger charge is 2.26. The number of H-pyrrole nitrogens is 1. The van der Waals surface area contributed by atoms with Crippen LogP contribution >= 0.6 is 0 Å². The summed E-state index contributed by atoms with van der Waals surface area (Å²) in [5, 5.41) is 0. The predicted molar refractivity (Wildman–Crippen MR) is 121 cm³/mol. The van der Waals surface area contributed by atoms with Crippen LogP contribution in [0.2, 0.25) is 0 Å². The highest BCUT2D eigenvalue weighted by atomic mass is 16.2. The van der Waals surface area contributed by atoms with Gasteiger partial charge in [-0.3, -0.25) is 14.6 Å². The van der Waals surface area contributed by atoms with Gasteiger partial charge in [-0.2, -0.15) is 0 Å². The van der Waals surface area contributed by atoms with E-state index < -0.39 is 5.56 Å². The molecule has 1 N–H and O–H groups in total. The maximum Gasteiger partial charge on any atom is 0.261 e. The first-order valence-electron chi connectivity index (χ1n) is 10.2. The lowest BCUT2D eigenvalue weighted by molar-refractivity contribution is 0.0668. The largest absolute Gasteiger partial charge is 0.326 e. The summed E-state index contributed by atoms with van der Waals surface area (Å²) in [6.07, 6.45) is 1.71. The Morgan fingerprint density at radius 2 is 1.58 bits per heavy atom. The molecule has 2 aromatic carbocycles. The molecule has 0 saturated carbocycles. The van der Waals surface area contributed by atoms with Crippen LogP contribution in [-0.4, -0.2) is 20.8 Å². The van der Waals surface area contributed by atoms with Gasteiger partial charge in [-0.05, 0) is 42.3 Å². The van der Waals surface area contributed by atoms with Gasteiger partial charge in [0.15, 0.2) is 0 Å². The van der Waals surface area contributed by atoms with Gasteiger partial charge < -0.3 is 9.88 Å². The first-order valence-corrected chi connectivity index (χ1v) is 10.2. The maximum atomic E-state index is 13.5. The average molecular weight is 409 g/mol. The van der Waals surface area contributed by atoms with Crippen LogP contribution in [0.5, 0.6) is 0 Å². The molecule has 4 aromatic rings. The number of nitrogens with zero attached hydrogens (tertiary/aromatic N) is 2. The normalized spacial score (nSPS) is 11.6. The second-order valence-corrected chi connectivity index (χ2v) is 7.33.